The zero-order valence-electron chi connectivity index (χ0n) is 11.5. The minimum absolute atomic E-state index is 0.703. The van der Waals surface area contributed by atoms with Crippen LogP contribution in [0.5, 0.6) is 0 Å². The third-order valence-electron chi connectivity index (χ3n) is 3.52. The van der Waals surface area contributed by atoms with Gasteiger partial charge in [0.1, 0.15) is 12.1 Å². The van der Waals surface area contributed by atoms with Crippen LogP contribution in [0, 0.1) is 13.8 Å². The monoisotopic (exact) mass is 264 g/mol. The molecule has 3 rings (SSSR count). The van der Waals surface area contributed by atoms with Crippen LogP contribution >= 0.6 is 0 Å². The number of nitrogen functional groups attached to an aromatic ring is 1. The molecule has 3 N–H and O–H groups in total. The van der Waals surface area contributed by atoms with E-state index in [2.05, 4.69) is 35.2 Å². The first-order valence-corrected chi connectivity index (χ1v) is 6.48. The van der Waals surface area contributed by atoms with E-state index in [-0.39, 0.29) is 0 Å². The van der Waals surface area contributed by atoms with Gasteiger partial charge in [-0.3, -0.25) is 0 Å². The summed E-state index contributed by atoms with van der Waals surface area (Å²) >= 11 is 0. The highest BCUT2D eigenvalue weighted by Crippen LogP contribution is 2.26. The van der Waals surface area contributed by atoms with Crippen LogP contribution in [0.3, 0.4) is 0 Å². The van der Waals surface area contributed by atoms with E-state index >= 15 is 0 Å². The normalized spacial score (nSPS) is 10.7. The van der Waals surface area contributed by atoms with Crippen LogP contribution in [0.25, 0.3) is 10.9 Å². The molecule has 0 saturated heterocycles. The Balaban J connectivity index is 2.09. The smallest absolute Gasteiger partial charge is 0.141 e. The number of nitrogens with zero attached hydrogens (tertiary/aromatic N) is 2. The summed E-state index contributed by atoms with van der Waals surface area (Å²) in [6, 6.07) is 11.8. The van der Waals surface area contributed by atoms with Crippen molar-refractivity contribution in [2.24, 2.45) is 0 Å². The Morgan fingerprint density at radius 2 is 1.90 bits per heavy atom. The number of fused-ring (bicyclic) bond motifs is 1. The number of rotatable bonds is 2. The largest absolute Gasteiger partial charge is 0.399 e. The average molecular weight is 264 g/mol. The van der Waals surface area contributed by atoms with E-state index in [0.717, 1.165) is 22.4 Å². The van der Waals surface area contributed by atoms with E-state index in [1.54, 1.807) is 6.33 Å². The lowest BCUT2D eigenvalue weighted by atomic mass is 10.1. The number of aryl methyl sites for hydroxylation is 1. The number of benzene rings is 2. The Morgan fingerprint density at radius 3 is 2.75 bits per heavy atom. The number of hydrogen-bond acceptors (Lipinski definition) is 4. The van der Waals surface area contributed by atoms with Crippen molar-refractivity contribution in [3.8, 4) is 0 Å². The predicted octanol–water partition coefficient (Wildman–Crippen LogP) is 3.57. The Morgan fingerprint density at radius 1 is 1.05 bits per heavy atom. The van der Waals surface area contributed by atoms with Gasteiger partial charge in [-0.1, -0.05) is 12.1 Å². The van der Waals surface area contributed by atoms with Crippen molar-refractivity contribution in [2.75, 3.05) is 11.1 Å². The second-order valence-electron chi connectivity index (χ2n) is 4.87. The maximum Gasteiger partial charge on any atom is 0.141 e. The molecule has 100 valence electrons. The Bertz CT molecular complexity index is 781. The molecule has 0 bridgehead atoms. The van der Waals surface area contributed by atoms with Gasteiger partial charge in [0, 0.05) is 16.8 Å². The van der Waals surface area contributed by atoms with Gasteiger partial charge in [0.2, 0.25) is 0 Å². The molecule has 0 aliphatic rings. The van der Waals surface area contributed by atoms with Gasteiger partial charge in [0.05, 0.1) is 5.52 Å². The van der Waals surface area contributed by atoms with E-state index in [1.165, 1.54) is 11.1 Å². The Hall–Kier alpha value is -2.62. The van der Waals surface area contributed by atoms with E-state index in [1.807, 2.05) is 30.3 Å². The topological polar surface area (TPSA) is 63.8 Å². The summed E-state index contributed by atoms with van der Waals surface area (Å²) in [6.45, 7) is 4.19. The van der Waals surface area contributed by atoms with Crippen molar-refractivity contribution < 1.29 is 0 Å². The summed E-state index contributed by atoms with van der Waals surface area (Å²) in [5.74, 6) is 0.795. The van der Waals surface area contributed by atoms with Crippen molar-refractivity contribution in [3.63, 3.8) is 0 Å². The molecule has 2 aromatic carbocycles. The highest BCUT2D eigenvalue weighted by atomic mass is 15.0. The molecular formula is C16H16N4. The minimum atomic E-state index is 0.703. The zero-order valence-corrected chi connectivity index (χ0v) is 11.5. The summed E-state index contributed by atoms with van der Waals surface area (Å²) in [5, 5.41) is 4.34. The molecule has 0 aliphatic carbocycles. The quantitative estimate of drug-likeness (QED) is 0.694. The second kappa shape index (κ2) is 4.81. The molecule has 4 nitrogen and oxygen atoms in total. The molecule has 3 aromatic rings. The predicted molar refractivity (Wildman–Crippen MR) is 83.1 cm³/mol. The Kier molecular flexibility index (Phi) is 2.99. The number of aromatic nitrogens is 2. The first kappa shape index (κ1) is 12.4. The molecule has 20 heavy (non-hydrogen) atoms. The third-order valence-corrected chi connectivity index (χ3v) is 3.52. The molecule has 1 aromatic heterocycles. The van der Waals surface area contributed by atoms with Gasteiger partial charge in [0.25, 0.3) is 0 Å². The molecule has 4 heteroatoms. The molecule has 0 atom stereocenters. The van der Waals surface area contributed by atoms with Gasteiger partial charge in [-0.05, 0) is 49.2 Å². The van der Waals surface area contributed by atoms with Crippen molar-refractivity contribution >= 4 is 28.1 Å². The van der Waals surface area contributed by atoms with E-state index in [9.17, 15) is 0 Å². The van der Waals surface area contributed by atoms with Gasteiger partial charge in [-0.15, -0.1) is 0 Å². The lowest BCUT2D eigenvalue weighted by molar-refractivity contribution is 1.21. The van der Waals surface area contributed by atoms with Gasteiger partial charge in [-0.2, -0.15) is 0 Å². The van der Waals surface area contributed by atoms with Crippen molar-refractivity contribution in [1.82, 2.24) is 9.97 Å². The SMILES string of the molecule is Cc1cccc(Nc2ncnc3cc(N)ccc23)c1C. The average Bonchev–Trinajstić information content (AvgIpc) is 2.44. The van der Waals surface area contributed by atoms with Crippen molar-refractivity contribution in [1.29, 1.82) is 0 Å². The first-order valence-electron chi connectivity index (χ1n) is 6.48. The first-order chi connectivity index (χ1) is 9.65. The van der Waals surface area contributed by atoms with Crippen LogP contribution in [0.2, 0.25) is 0 Å². The molecule has 0 amide bonds. The van der Waals surface area contributed by atoms with E-state index < -0.39 is 0 Å². The molecule has 0 radical (unpaired) electrons. The highest BCUT2D eigenvalue weighted by Gasteiger charge is 2.06. The molecule has 0 saturated carbocycles. The molecule has 0 spiro atoms. The molecule has 0 unspecified atom stereocenters. The standard InChI is InChI=1S/C16H16N4/c1-10-4-3-5-14(11(10)2)20-16-13-7-6-12(17)8-15(13)18-9-19-16/h3-9H,17H2,1-2H3,(H,18,19,20). The van der Waals surface area contributed by atoms with Crippen molar-refractivity contribution in [3.05, 3.63) is 53.9 Å². The molecule has 0 aliphatic heterocycles. The van der Waals surface area contributed by atoms with Gasteiger partial charge < -0.3 is 11.1 Å². The fourth-order valence-corrected chi connectivity index (χ4v) is 2.19. The molecule has 1 heterocycles. The van der Waals surface area contributed by atoms with E-state index in [4.69, 9.17) is 5.73 Å². The fourth-order valence-electron chi connectivity index (χ4n) is 2.19. The second-order valence-corrected chi connectivity index (χ2v) is 4.87. The third kappa shape index (κ3) is 2.16. The molecular weight excluding hydrogens is 248 g/mol. The van der Waals surface area contributed by atoms with Crippen LogP contribution in [-0.4, -0.2) is 9.97 Å². The summed E-state index contributed by atoms with van der Waals surface area (Å²) in [7, 11) is 0. The minimum Gasteiger partial charge on any atom is -0.399 e. The lowest BCUT2D eigenvalue weighted by Crippen LogP contribution is -1.99. The highest BCUT2D eigenvalue weighted by molar-refractivity contribution is 5.92. The number of nitrogens with two attached hydrogens (primary N) is 1. The number of anilines is 3. The summed E-state index contributed by atoms with van der Waals surface area (Å²) < 4.78 is 0. The fraction of sp³-hybridized carbons (Fsp3) is 0.125. The van der Waals surface area contributed by atoms with Crippen molar-refractivity contribution in [2.45, 2.75) is 13.8 Å². The Labute approximate surface area is 117 Å². The van der Waals surface area contributed by atoms with E-state index in [0.29, 0.717) is 5.69 Å². The van der Waals surface area contributed by atoms with Crippen LogP contribution in [-0.2, 0) is 0 Å². The molecule has 0 fully saturated rings. The van der Waals surface area contributed by atoms with Crippen LogP contribution in [0.1, 0.15) is 11.1 Å². The zero-order chi connectivity index (χ0) is 14.1. The maximum atomic E-state index is 5.79. The number of nitrogens with one attached hydrogen (secondary N) is 1. The number of hydrogen-bond donors (Lipinski definition) is 2. The lowest BCUT2D eigenvalue weighted by Gasteiger charge is -2.12. The summed E-state index contributed by atoms with van der Waals surface area (Å²) in [4.78, 5) is 8.59. The summed E-state index contributed by atoms with van der Waals surface area (Å²) in [6.07, 6.45) is 1.55. The van der Waals surface area contributed by atoms with Gasteiger partial charge in [0.15, 0.2) is 0 Å². The van der Waals surface area contributed by atoms with Crippen LogP contribution < -0.4 is 11.1 Å². The van der Waals surface area contributed by atoms with Gasteiger partial charge >= 0.3 is 0 Å². The van der Waals surface area contributed by atoms with Gasteiger partial charge in [-0.25, -0.2) is 9.97 Å². The maximum absolute atomic E-state index is 5.79. The van der Waals surface area contributed by atoms with Crippen LogP contribution in [0.4, 0.5) is 17.2 Å². The summed E-state index contributed by atoms with van der Waals surface area (Å²) in [5.41, 5.74) is 10.9. The van der Waals surface area contributed by atoms with Crippen LogP contribution in [0.15, 0.2) is 42.7 Å².